The van der Waals surface area contributed by atoms with Gasteiger partial charge in [0, 0.05) is 17.2 Å². The van der Waals surface area contributed by atoms with Gasteiger partial charge in [-0.2, -0.15) is 0 Å². The number of thiocarbonyl (C=S) groups is 1. The number of hydrogen-bond acceptors (Lipinski definition) is 5. The lowest BCUT2D eigenvalue weighted by Gasteiger charge is -2.09. The molecule has 4 N–H and O–H groups in total. The average Bonchev–Trinajstić information content (AvgIpc) is 2.65. The number of rotatable bonds is 4. The van der Waals surface area contributed by atoms with Gasteiger partial charge in [-0.15, -0.1) is 0 Å². The minimum absolute atomic E-state index is 0.0547. The van der Waals surface area contributed by atoms with E-state index >= 15 is 0 Å². The van der Waals surface area contributed by atoms with Crippen LogP contribution in [0.15, 0.2) is 54.6 Å². The van der Waals surface area contributed by atoms with Gasteiger partial charge in [0.05, 0.1) is 7.11 Å². The van der Waals surface area contributed by atoms with Crippen molar-refractivity contribution in [2.45, 2.75) is 0 Å². The lowest BCUT2D eigenvalue weighted by Crippen LogP contribution is -2.48. The van der Waals surface area contributed by atoms with E-state index in [-0.39, 0.29) is 10.9 Å². The SMILES string of the molecule is COc1ccccc1C=CC(=O)NC(=S)NNC(=O)c1ccc(O)cc1. The fraction of sp³-hybridized carbons (Fsp3) is 0.0556. The van der Waals surface area contributed by atoms with Gasteiger partial charge in [0.2, 0.25) is 5.91 Å². The summed E-state index contributed by atoms with van der Waals surface area (Å²) in [6.45, 7) is 0. The Morgan fingerprint density at radius 3 is 2.46 bits per heavy atom. The molecule has 2 rings (SSSR count). The van der Waals surface area contributed by atoms with Crippen molar-refractivity contribution in [1.82, 2.24) is 16.2 Å². The molecule has 2 aromatic rings. The van der Waals surface area contributed by atoms with Crippen LogP contribution in [0.25, 0.3) is 6.08 Å². The van der Waals surface area contributed by atoms with Crippen LogP contribution in [-0.2, 0) is 4.79 Å². The summed E-state index contributed by atoms with van der Waals surface area (Å²) in [6, 6.07) is 12.9. The summed E-state index contributed by atoms with van der Waals surface area (Å²) < 4.78 is 5.19. The third-order valence-electron chi connectivity index (χ3n) is 3.21. The van der Waals surface area contributed by atoms with Crippen LogP contribution >= 0.6 is 12.2 Å². The first-order chi connectivity index (χ1) is 12.5. The Bertz CT molecular complexity index is 835. The van der Waals surface area contributed by atoms with Gasteiger partial charge < -0.3 is 9.84 Å². The highest BCUT2D eigenvalue weighted by molar-refractivity contribution is 7.80. The molecular weight excluding hydrogens is 354 g/mol. The van der Waals surface area contributed by atoms with E-state index in [0.29, 0.717) is 11.3 Å². The zero-order chi connectivity index (χ0) is 18.9. The van der Waals surface area contributed by atoms with Crippen LogP contribution in [0.2, 0.25) is 0 Å². The Morgan fingerprint density at radius 1 is 1.08 bits per heavy atom. The molecule has 0 aliphatic carbocycles. The van der Waals surface area contributed by atoms with Gasteiger partial charge in [-0.05, 0) is 48.6 Å². The molecule has 0 atom stereocenters. The van der Waals surface area contributed by atoms with E-state index in [2.05, 4.69) is 16.2 Å². The van der Waals surface area contributed by atoms with Crippen molar-refractivity contribution >= 4 is 35.2 Å². The molecule has 0 radical (unpaired) electrons. The number of phenolic OH excluding ortho intramolecular Hbond substituents is 1. The number of phenols is 1. The second-order valence-electron chi connectivity index (χ2n) is 5.02. The third kappa shape index (κ3) is 5.60. The first kappa shape index (κ1) is 18.9. The van der Waals surface area contributed by atoms with Crippen LogP contribution in [0, 0.1) is 0 Å². The number of carbonyl (C=O) groups is 2. The van der Waals surface area contributed by atoms with E-state index in [4.69, 9.17) is 17.0 Å². The number of ether oxygens (including phenoxy) is 1. The number of methoxy groups -OCH3 is 1. The Morgan fingerprint density at radius 2 is 1.77 bits per heavy atom. The van der Waals surface area contributed by atoms with Gasteiger partial charge in [-0.25, -0.2) is 0 Å². The summed E-state index contributed by atoms with van der Waals surface area (Å²) in [5, 5.41) is 11.5. The van der Waals surface area contributed by atoms with Crippen LogP contribution in [-0.4, -0.2) is 29.1 Å². The van der Waals surface area contributed by atoms with E-state index < -0.39 is 11.8 Å². The monoisotopic (exact) mass is 371 g/mol. The molecule has 26 heavy (non-hydrogen) atoms. The number of benzene rings is 2. The van der Waals surface area contributed by atoms with Gasteiger partial charge in [-0.3, -0.25) is 25.8 Å². The van der Waals surface area contributed by atoms with Crippen LogP contribution < -0.4 is 20.9 Å². The molecule has 8 heteroatoms. The van der Waals surface area contributed by atoms with Crippen molar-refractivity contribution in [1.29, 1.82) is 0 Å². The number of para-hydroxylation sites is 1. The highest BCUT2D eigenvalue weighted by Crippen LogP contribution is 2.18. The van der Waals surface area contributed by atoms with Crippen LogP contribution in [0.3, 0.4) is 0 Å². The smallest absolute Gasteiger partial charge is 0.269 e. The molecule has 0 fully saturated rings. The second-order valence-corrected chi connectivity index (χ2v) is 5.43. The largest absolute Gasteiger partial charge is 0.508 e. The van der Waals surface area contributed by atoms with Gasteiger partial charge in [0.25, 0.3) is 5.91 Å². The van der Waals surface area contributed by atoms with Gasteiger partial charge in [0.15, 0.2) is 5.11 Å². The first-order valence-electron chi connectivity index (χ1n) is 7.51. The number of carbonyl (C=O) groups excluding carboxylic acids is 2. The molecule has 0 unspecified atom stereocenters. The van der Waals surface area contributed by atoms with Crippen molar-refractivity contribution in [3.63, 3.8) is 0 Å². The maximum absolute atomic E-state index is 11.9. The Kier molecular flexibility index (Phi) is 6.69. The summed E-state index contributed by atoms with van der Waals surface area (Å²) in [5.41, 5.74) is 5.83. The Balaban J connectivity index is 1.83. The minimum Gasteiger partial charge on any atom is -0.508 e. The van der Waals surface area contributed by atoms with Crippen molar-refractivity contribution in [3.8, 4) is 11.5 Å². The van der Waals surface area contributed by atoms with Crippen molar-refractivity contribution in [2.24, 2.45) is 0 Å². The normalized spacial score (nSPS) is 10.2. The van der Waals surface area contributed by atoms with E-state index in [1.165, 1.54) is 30.3 Å². The van der Waals surface area contributed by atoms with Gasteiger partial charge >= 0.3 is 0 Å². The zero-order valence-electron chi connectivity index (χ0n) is 13.9. The molecule has 0 heterocycles. The van der Waals surface area contributed by atoms with E-state index in [9.17, 15) is 14.7 Å². The molecule has 0 aliphatic rings. The highest BCUT2D eigenvalue weighted by Gasteiger charge is 2.07. The summed E-state index contributed by atoms with van der Waals surface area (Å²) in [4.78, 5) is 23.7. The zero-order valence-corrected chi connectivity index (χ0v) is 14.7. The number of amides is 2. The lowest BCUT2D eigenvalue weighted by molar-refractivity contribution is -0.115. The lowest BCUT2D eigenvalue weighted by atomic mass is 10.2. The molecule has 0 saturated carbocycles. The molecular formula is C18H17N3O4S. The minimum atomic E-state index is -0.467. The fourth-order valence-electron chi connectivity index (χ4n) is 1.95. The third-order valence-corrected chi connectivity index (χ3v) is 3.41. The van der Waals surface area contributed by atoms with E-state index in [0.717, 1.165) is 5.56 Å². The molecule has 134 valence electrons. The highest BCUT2D eigenvalue weighted by atomic mass is 32.1. The van der Waals surface area contributed by atoms with Crippen molar-refractivity contribution in [3.05, 3.63) is 65.7 Å². The van der Waals surface area contributed by atoms with Crippen molar-refractivity contribution < 1.29 is 19.4 Å². The maximum Gasteiger partial charge on any atom is 0.269 e. The standard InChI is InChI=1S/C18H17N3O4S/c1-25-15-5-3-2-4-12(15)8-11-16(23)19-18(26)21-20-17(24)13-6-9-14(22)10-7-13/h2-11,22H,1H3,(H,20,24)(H2,19,21,23,26). The summed E-state index contributed by atoms with van der Waals surface area (Å²) in [6.07, 6.45) is 2.89. The molecule has 0 aromatic heterocycles. The number of nitrogens with one attached hydrogen (secondary N) is 3. The summed E-state index contributed by atoms with van der Waals surface area (Å²) >= 11 is 4.94. The van der Waals surface area contributed by atoms with Crippen LogP contribution in [0.1, 0.15) is 15.9 Å². The first-order valence-corrected chi connectivity index (χ1v) is 7.92. The maximum atomic E-state index is 11.9. The summed E-state index contributed by atoms with van der Waals surface area (Å²) in [7, 11) is 1.54. The molecule has 0 aliphatic heterocycles. The van der Waals surface area contributed by atoms with Crippen molar-refractivity contribution in [2.75, 3.05) is 7.11 Å². The number of aromatic hydroxyl groups is 1. The molecule has 0 spiro atoms. The number of hydrazine groups is 1. The molecule has 0 bridgehead atoms. The molecule has 7 nitrogen and oxygen atoms in total. The Labute approximate surface area is 155 Å². The quantitative estimate of drug-likeness (QED) is 0.371. The van der Waals surface area contributed by atoms with Gasteiger partial charge in [-0.1, -0.05) is 18.2 Å². The topological polar surface area (TPSA) is 99.7 Å². The second kappa shape index (κ2) is 9.19. The number of hydrogen-bond donors (Lipinski definition) is 4. The van der Waals surface area contributed by atoms with E-state index in [1.54, 1.807) is 25.3 Å². The molecule has 2 aromatic carbocycles. The molecule has 2 amide bonds. The fourth-order valence-corrected chi connectivity index (χ4v) is 2.10. The van der Waals surface area contributed by atoms with Crippen LogP contribution in [0.4, 0.5) is 0 Å². The van der Waals surface area contributed by atoms with Crippen LogP contribution in [0.5, 0.6) is 11.5 Å². The Hall–Kier alpha value is -3.39. The van der Waals surface area contributed by atoms with Gasteiger partial charge in [0.1, 0.15) is 11.5 Å². The summed E-state index contributed by atoms with van der Waals surface area (Å²) in [5.74, 6) is -0.240. The van der Waals surface area contributed by atoms with E-state index in [1.807, 2.05) is 12.1 Å². The predicted molar refractivity (Wildman–Crippen MR) is 101 cm³/mol. The average molecular weight is 371 g/mol. The predicted octanol–water partition coefficient (Wildman–Crippen LogP) is 1.75. The molecule has 0 saturated heterocycles.